The molecule has 1 aliphatic heterocycles. The van der Waals surface area contributed by atoms with Crippen LogP contribution in [0.5, 0.6) is 0 Å². The molecule has 1 heterocycles. The number of ether oxygens (including phenoxy) is 1. The summed E-state index contributed by atoms with van der Waals surface area (Å²) in [5, 5.41) is 11.5. The van der Waals surface area contributed by atoms with Crippen LogP contribution < -0.4 is 4.90 Å². The molecular formula is C20H20BrN3O5. The molecule has 9 heteroatoms. The van der Waals surface area contributed by atoms with E-state index in [-0.39, 0.29) is 17.0 Å². The number of Topliss-reactive ketones (excluding diaryl/α,β-unsaturated/α-hetero) is 1. The van der Waals surface area contributed by atoms with E-state index in [9.17, 15) is 19.7 Å². The second-order valence-corrected chi connectivity index (χ2v) is 7.56. The molecule has 29 heavy (non-hydrogen) atoms. The van der Waals surface area contributed by atoms with E-state index in [2.05, 4.69) is 20.7 Å². The number of hydrogen-bond donors (Lipinski definition) is 0. The van der Waals surface area contributed by atoms with Crippen LogP contribution in [0.25, 0.3) is 0 Å². The summed E-state index contributed by atoms with van der Waals surface area (Å²) in [5.41, 5.74) is 1.13. The predicted molar refractivity (Wildman–Crippen MR) is 112 cm³/mol. The highest BCUT2D eigenvalue weighted by atomic mass is 79.9. The molecule has 2 aromatic rings. The normalized spacial score (nSPS) is 14.5. The molecule has 0 atom stereocenters. The number of methoxy groups -OCH3 is 1. The summed E-state index contributed by atoms with van der Waals surface area (Å²) in [6, 6.07) is 11.6. The monoisotopic (exact) mass is 461 g/mol. The van der Waals surface area contributed by atoms with Gasteiger partial charge in [0, 0.05) is 42.3 Å². The highest BCUT2D eigenvalue weighted by molar-refractivity contribution is 9.10. The number of carbonyl (C=O) groups excluding carboxylic acids is 2. The van der Waals surface area contributed by atoms with Gasteiger partial charge in [-0.3, -0.25) is 19.8 Å². The van der Waals surface area contributed by atoms with Crippen LogP contribution in [0.2, 0.25) is 0 Å². The maximum absolute atomic E-state index is 12.4. The molecule has 1 saturated heterocycles. The van der Waals surface area contributed by atoms with Crippen LogP contribution in [0.1, 0.15) is 20.7 Å². The van der Waals surface area contributed by atoms with Crippen LogP contribution in [-0.2, 0) is 4.74 Å². The Balaban J connectivity index is 1.65. The number of nitro benzene ring substituents is 1. The molecule has 0 N–H and O–H groups in total. The van der Waals surface area contributed by atoms with E-state index in [1.54, 1.807) is 18.2 Å². The fourth-order valence-corrected chi connectivity index (χ4v) is 3.52. The van der Waals surface area contributed by atoms with Gasteiger partial charge in [0.15, 0.2) is 5.78 Å². The third kappa shape index (κ3) is 4.99. The Hall–Kier alpha value is -2.78. The highest BCUT2D eigenvalue weighted by Crippen LogP contribution is 2.30. The van der Waals surface area contributed by atoms with Crippen LogP contribution in [-0.4, -0.2) is 61.4 Å². The number of nitrogens with zero attached hydrogens (tertiary/aromatic N) is 3. The van der Waals surface area contributed by atoms with Crippen molar-refractivity contribution in [2.45, 2.75) is 0 Å². The van der Waals surface area contributed by atoms with Crippen molar-refractivity contribution in [3.05, 3.63) is 68.2 Å². The quantitative estimate of drug-likeness (QED) is 0.282. The lowest BCUT2D eigenvalue weighted by Gasteiger charge is -2.35. The molecule has 0 radical (unpaired) electrons. The van der Waals surface area contributed by atoms with Gasteiger partial charge in [0.05, 0.1) is 24.1 Å². The van der Waals surface area contributed by atoms with E-state index in [1.165, 1.54) is 19.2 Å². The van der Waals surface area contributed by atoms with Gasteiger partial charge in [-0.25, -0.2) is 4.79 Å². The molecule has 2 aromatic carbocycles. The number of nitro groups is 1. The topological polar surface area (TPSA) is 93.0 Å². The molecule has 1 aliphatic rings. The summed E-state index contributed by atoms with van der Waals surface area (Å²) >= 11 is 3.35. The average Bonchev–Trinajstić information content (AvgIpc) is 2.73. The molecule has 0 unspecified atom stereocenters. The zero-order valence-corrected chi connectivity index (χ0v) is 17.4. The Morgan fingerprint density at radius 3 is 2.28 bits per heavy atom. The molecule has 0 saturated carbocycles. The van der Waals surface area contributed by atoms with Crippen LogP contribution in [0.3, 0.4) is 0 Å². The van der Waals surface area contributed by atoms with Gasteiger partial charge >= 0.3 is 5.97 Å². The largest absolute Gasteiger partial charge is 0.465 e. The fourth-order valence-electron chi connectivity index (χ4n) is 3.26. The molecule has 8 nitrogen and oxygen atoms in total. The Kier molecular flexibility index (Phi) is 6.60. The van der Waals surface area contributed by atoms with Crippen molar-refractivity contribution in [1.82, 2.24) is 4.90 Å². The maximum atomic E-state index is 12.4. The third-order valence-electron chi connectivity index (χ3n) is 4.84. The van der Waals surface area contributed by atoms with E-state index in [0.29, 0.717) is 44.0 Å². The highest BCUT2D eigenvalue weighted by Gasteiger charge is 2.26. The number of hydrogen-bond acceptors (Lipinski definition) is 7. The predicted octanol–water partition coefficient (Wildman–Crippen LogP) is 3.15. The van der Waals surface area contributed by atoms with Crippen molar-refractivity contribution >= 4 is 39.1 Å². The summed E-state index contributed by atoms with van der Waals surface area (Å²) in [5.74, 6) is -0.574. The zero-order chi connectivity index (χ0) is 21.0. The van der Waals surface area contributed by atoms with Gasteiger partial charge in [0.2, 0.25) is 0 Å². The van der Waals surface area contributed by atoms with Gasteiger partial charge in [-0.2, -0.15) is 0 Å². The molecule has 0 aliphatic carbocycles. The first kappa shape index (κ1) is 20.9. The van der Waals surface area contributed by atoms with E-state index >= 15 is 0 Å². The molecule has 0 amide bonds. The van der Waals surface area contributed by atoms with E-state index < -0.39 is 10.9 Å². The number of anilines is 1. The number of halogens is 1. The lowest BCUT2D eigenvalue weighted by molar-refractivity contribution is -0.384. The lowest BCUT2D eigenvalue weighted by Crippen LogP contribution is -2.48. The van der Waals surface area contributed by atoms with Gasteiger partial charge in [-0.05, 0) is 24.3 Å². The van der Waals surface area contributed by atoms with E-state index in [4.69, 9.17) is 0 Å². The number of esters is 1. The van der Waals surface area contributed by atoms with Gasteiger partial charge in [0.25, 0.3) is 5.69 Å². The van der Waals surface area contributed by atoms with Gasteiger partial charge in [-0.1, -0.05) is 28.1 Å². The first-order valence-electron chi connectivity index (χ1n) is 9.02. The minimum atomic E-state index is -0.615. The summed E-state index contributed by atoms with van der Waals surface area (Å²) in [4.78, 5) is 39.0. The molecule has 0 bridgehead atoms. The first-order valence-corrected chi connectivity index (χ1v) is 9.81. The molecule has 0 spiro atoms. The van der Waals surface area contributed by atoms with Crippen molar-refractivity contribution in [2.75, 3.05) is 44.7 Å². The Bertz CT molecular complexity index is 924. The lowest BCUT2D eigenvalue weighted by atomic mass is 10.1. The van der Waals surface area contributed by atoms with Crippen molar-refractivity contribution < 1.29 is 19.2 Å². The standard InChI is InChI=1S/C20H20BrN3O5/c1-29-20(26)15-4-7-17(18(12-15)24(27)28)23-10-8-22(9-11-23)13-19(25)14-2-5-16(21)6-3-14/h2-7,12H,8-11,13H2,1H3. The maximum Gasteiger partial charge on any atom is 0.338 e. The second kappa shape index (κ2) is 9.15. The Morgan fingerprint density at radius 2 is 1.69 bits per heavy atom. The van der Waals surface area contributed by atoms with Crippen LogP contribution in [0.15, 0.2) is 46.9 Å². The molecular weight excluding hydrogens is 442 g/mol. The Labute approximate surface area is 176 Å². The van der Waals surface area contributed by atoms with Crippen molar-refractivity contribution in [3.8, 4) is 0 Å². The Morgan fingerprint density at radius 1 is 1.07 bits per heavy atom. The molecule has 152 valence electrons. The van der Waals surface area contributed by atoms with Crippen molar-refractivity contribution in [3.63, 3.8) is 0 Å². The van der Waals surface area contributed by atoms with Crippen LogP contribution >= 0.6 is 15.9 Å². The summed E-state index contributed by atoms with van der Waals surface area (Å²) in [6.07, 6.45) is 0. The van der Waals surface area contributed by atoms with Crippen molar-refractivity contribution in [2.24, 2.45) is 0 Å². The fraction of sp³-hybridized carbons (Fsp3) is 0.300. The van der Waals surface area contributed by atoms with Gasteiger partial charge in [-0.15, -0.1) is 0 Å². The molecule has 3 rings (SSSR count). The SMILES string of the molecule is COC(=O)c1ccc(N2CCN(CC(=O)c3ccc(Br)cc3)CC2)c([N+](=O)[O-])c1. The minimum Gasteiger partial charge on any atom is -0.465 e. The van der Waals surface area contributed by atoms with Gasteiger partial charge in [0.1, 0.15) is 5.69 Å². The number of benzene rings is 2. The number of ketones is 1. The minimum absolute atomic E-state index is 0.0411. The van der Waals surface area contributed by atoms with Gasteiger partial charge < -0.3 is 9.64 Å². The number of piperazine rings is 1. The number of carbonyl (C=O) groups is 2. The van der Waals surface area contributed by atoms with Crippen LogP contribution in [0.4, 0.5) is 11.4 Å². The first-order chi connectivity index (χ1) is 13.9. The summed E-state index contributed by atoms with van der Waals surface area (Å²) < 4.78 is 5.55. The van der Waals surface area contributed by atoms with E-state index in [1.807, 2.05) is 21.9 Å². The average molecular weight is 462 g/mol. The number of rotatable bonds is 6. The zero-order valence-electron chi connectivity index (χ0n) is 15.8. The molecule has 0 aromatic heterocycles. The van der Waals surface area contributed by atoms with Crippen LogP contribution in [0, 0.1) is 10.1 Å². The van der Waals surface area contributed by atoms with Crippen molar-refractivity contribution in [1.29, 1.82) is 0 Å². The van der Waals surface area contributed by atoms with E-state index in [0.717, 1.165) is 4.47 Å². The molecule has 1 fully saturated rings. The smallest absolute Gasteiger partial charge is 0.338 e. The third-order valence-corrected chi connectivity index (χ3v) is 5.37. The second-order valence-electron chi connectivity index (χ2n) is 6.65. The summed E-state index contributed by atoms with van der Waals surface area (Å²) in [6.45, 7) is 2.62. The summed E-state index contributed by atoms with van der Waals surface area (Å²) in [7, 11) is 1.23.